The third-order valence-corrected chi connectivity index (χ3v) is 3.65. The largest absolute Gasteiger partial charge is 0.494 e. The molecule has 0 spiro atoms. The Hall–Kier alpha value is -2.47. The average Bonchev–Trinajstić information content (AvgIpc) is 2.59. The molecule has 0 aliphatic heterocycles. The Kier molecular flexibility index (Phi) is 7.35. The van der Waals surface area contributed by atoms with Crippen LogP contribution in [0.2, 0.25) is 0 Å². The fraction of sp³-hybridized carbons (Fsp3) is 0.263. The number of carbonyl (C=O) groups is 1. The number of hydrogen-bond donors (Lipinski definition) is 2. The Balaban J connectivity index is 1.84. The molecule has 2 rings (SSSR count). The highest BCUT2D eigenvalue weighted by Gasteiger charge is 2.08. The number of halogens is 1. The summed E-state index contributed by atoms with van der Waals surface area (Å²) in [4.78, 5) is 12.2. The van der Waals surface area contributed by atoms with Crippen LogP contribution in [0, 0.1) is 5.82 Å². The number of unbranched alkanes of at least 4 members (excludes halogenated alkanes) is 2. The Morgan fingerprint density at radius 2 is 1.92 bits per heavy atom. The van der Waals surface area contributed by atoms with Crippen molar-refractivity contribution >= 4 is 28.9 Å². The first-order valence-corrected chi connectivity index (χ1v) is 8.60. The quantitative estimate of drug-likeness (QED) is 0.563. The monoisotopic (exact) mass is 360 g/mol. The molecule has 0 atom stereocenters. The predicted molar refractivity (Wildman–Crippen MR) is 102 cm³/mol. The zero-order chi connectivity index (χ0) is 18.1. The first-order chi connectivity index (χ1) is 12.1. The van der Waals surface area contributed by atoms with Gasteiger partial charge in [0.25, 0.3) is 5.91 Å². The highest BCUT2D eigenvalue weighted by Crippen LogP contribution is 2.13. The van der Waals surface area contributed by atoms with Gasteiger partial charge >= 0.3 is 0 Å². The maximum absolute atomic E-state index is 13.1. The third-order valence-electron chi connectivity index (χ3n) is 3.44. The molecule has 0 saturated carbocycles. The van der Waals surface area contributed by atoms with E-state index >= 15 is 0 Å². The maximum atomic E-state index is 13.1. The van der Waals surface area contributed by atoms with Crippen LogP contribution in [0.25, 0.3) is 0 Å². The zero-order valence-electron chi connectivity index (χ0n) is 14.0. The van der Waals surface area contributed by atoms with Crippen molar-refractivity contribution in [2.75, 3.05) is 11.9 Å². The summed E-state index contributed by atoms with van der Waals surface area (Å²) >= 11 is 5.07. The molecule has 0 unspecified atom stereocenters. The molecule has 2 aromatic rings. The fourth-order valence-electron chi connectivity index (χ4n) is 2.15. The summed E-state index contributed by atoms with van der Waals surface area (Å²) in [6.45, 7) is 2.81. The molecule has 1 amide bonds. The average molecular weight is 360 g/mol. The lowest BCUT2D eigenvalue weighted by atomic mass is 10.2. The molecule has 132 valence electrons. The van der Waals surface area contributed by atoms with Crippen molar-refractivity contribution in [3.63, 3.8) is 0 Å². The van der Waals surface area contributed by atoms with Gasteiger partial charge in [-0.3, -0.25) is 10.1 Å². The molecular formula is C19H21FN2O2S. The maximum Gasteiger partial charge on any atom is 0.257 e. The van der Waals surface area contributed by atoms with Crippen LogP contribution in [-0.4, -0.2) is 17.6 Å². The molecule has 0 fully saturated rings. The second-order valence-corrected chi connectivity index (χ2v) is 5.91. The van der Waals surface area contributed by atoms with Crippen LogP contribution < -0.4 is 15.4 Å². The van der Waals surface area contributed by atoms with Gasteiger partial charge in [-0.05, 0) is 61.1 Å². The van der Waals surface area contributed by atoms with Crippen LogP contribution in [0.1, 0.15) is 36.5 Å². The Bertz CT molecular complexity index is 720. The van der Waals surface area contributed by atoms with E-state index in [1.165, 1.54) is 12.1 Å². The number of anilines is 1. The number of hydrogen-bond acceptors (Lipinski definition) is 3. The SMILES string of the molecule is CCCCCOc1ccc(C(=O)NC(=S)Nc2cccc(F)c2)cc1. The van der Waals surface area contributed by atoms with E-state index in [1.54, 1.807) is 36.4 Å². The number of ether oxygens (including phenoxy) is 1. The van der Waals surface area contributed by atoms with E-state index in [9.17, 15) is 9.18 Å². The molecule has 0 radical (unpaired) electrons. The van der Waals surface area contributed by atoms with E-state index in [0.29, 0.717) is 17.9 Å². The van der Waals surface area contributed by atoms with Gasteiger partial charge in [-0.2, -0.15) is 0 Å². The zero-order valence-corrected chi connectivity index (χ0v) is 14.9. The summed E-state index contributed by atoms with van der Waals surface area (Å²) in [6.07, 6.45) is 3.29. The van der Waals surface area contributed by atoms with Gasteiger partial charge in [-0.15, -0.1) is 0 Å². The lowest BCUT2D eigenvalue weighted by Gasteiger charge is -2.10. The van der Waals surface area contributed by atoms with Crippen molar-refractivity contribution in [3.05, 3.63) is 59.9 Å². The molecule has 6 heteroatoms. The third kappa shape index (κ3) is 6.51. The number of benzene rings is 2. The highest BCUT2D eigenvalue weighted by molar-refractivity contribution is 7.80. The summed E-state index contributed by atoms with van der Waals surface area (Å²) in [6, 6.07) is 12.7. The molecule has 2 aromatic carbocycles. The molecule has 25 heavy (non-hydrogen) atoms. The van der Waals surface area contributed by atoms with E-state index < -0.39 is 0 Å². The molecular weight excluding hydrogens is 339 g/mol. The summed E-state index contributed by atoms with van der Waals surface area (Å²) in [7, 11) is 0. The van der Waals surface area contributed by atoms with Crippen molar-refractivity contribution in [1.82, 2.24) is 5.32 Å². The van der Waals surface area contributed by atoms with Crippen LogP contribution in [0.4, 0.5) is 10.1 Å². The van der Waals surface area contributed by atoms with Gasteiger partial charge < -0.3 is 10.1 Å². The molecule has 2 N–H and O–H groups in total. The molecule has 0 saturated heterocycles. The van der Waals surface area contributed by atoms with Gasteiger partial charge in [0.1, 0.15) is 11.6 Å². The van der Waals surface area contributed by atoms with Crippen molar-refractivity contribution in [2.45, 2.75) is 26.2 Å². The minimum absolute atomic E-state index is 0.107. The van der Waals surface area contributed by atoms with Gasteiger partial charge in [0, 0.05) is 11.3 Å². The number of carbonyl (C=O) groups excluding carboxylic acids is 1. The van der Waals surface area contributed by atoms with E-state index in [-0.39, 0.29) is 16.8 Å². The first kappa shape index (κ1) is 18.9. The molecule has 0 heterocycles. The van der Waals surface area contributed by atoms with Gasteiger partial charge in [0.05, 0.1) is 6.61 Å². The second-order valence-electron chi connectivity index (χ2n) is 5.50. The topological polar surface area (TPSA) is 50.4 Å². The van der Waals surface area contributed by atoms with E-state index in [0.717, 1.165) is 25.0 Å². The number of thiocarbonyl (C=S) groups is 1. The molecule has 0 bridgehead atoms. The van der Waals surface area contributed by atoms with Gasteiger partial charge in [0.2, 0.25) is 0 Å². The highest BCUT2D eigenvalue weighted by atomic mass is 32.1. The Morgan fingerprint density at radius 1 is 1.16 bits per heavy atom. The van der Waals surface area contributed by atoms with Crippen molar-refractivity contribution in [3.8, 4) is 5.75 Å². The second kappa shape index (κ2) is 9.74. The number of amides is 1. The van der Waals surface area contributed by atoms with Gasteiger partial charge in [0.15, 0.2) is 5.11 Å². The molecule has 0 aliphatic carbocycles. The van der Waals surface area contributed by atoms with Crippen molar-refractivity contribution < 1.29 is 13.9 Å². The summed E-state index contributed by atoms with van der Waals surface area (Å²) < 4.78 is 18.7. The Morgan fingerprint density at radius 3 is 2.60 bits per heavy atom. The normalized spacial score (nSPS) is 10.2. The first-order valence-electron chi connectivity index (χ1n) is 8.19. The van der Waals surface area contributed by atoms with Gasteiger partial charge in [-0.1, -0.05) is 25.8 Å². The summed E-state index contributed by atoms with van der Waals surface area (Å²) in [5.74, 6) is 0.00760. The lowest BCUT2D eigenvalue weighted by Crippen LogP contribution is -2.34. The molecule has 0 aromatic heterocycles. The number of nitrogens with one attached hydrogen (secondary N) is 2. The fourth-order valence-corrected chi connectivity index (χ4v) is 2.36. The van der Waals surface area contributed by atoms with E-state index in [4.69, 9.17) is 17.0 Å². The van der Waals surface area contributed by atoms with Crippen LogP contribution in [0.3, 0.4) is 0 Å². The standard InChI is InChI=1S/C19H21FN2O2S/c1-2-3-4-12-24-17-10-8-14(9-11-17)18(23)22-19(25)21-16-7-5-6-15(20)13-16/h5-11,13H,2-4,12H2,1H3,(H2,21,22,23,25). The summed E-state index contributed by atoms with van der Waals surface area (Å²) in [5, 5.41) is 5.44. The lowest BCUT2D eigenvalue weighted by molar-refractivity contribution is 0.0977. The summed E-state index contributed by atoms with van der Waals surface area (Å²) in [5.41, 5.74) is 0.936. The van der Waals surface area contributed by atoms with Crippen LogP contribution in [0.15, 0.2) is 48.5 Å². The molecule has 4 nitrogen and oxygen atoms in total. The van der Waals surface area contributed by atoms with Crippen LogP contribution in [0.5, 0.6) is 5.75 Å². The Labute approximate surface area is 152 Å². The van der Waals surface area contributed by atoms with Crippen molar-refractivity contribution in [2.24, 2.45) is 0 Å². The van der Waals surface area contributed by atoms with Gasteiger partial charge in [-0.25, -0.2) is 4.39 Å². The van der Waals surface area contributed by atoms with E-state index in [1.807, 2.05) is 0 Å². The smallest absolute Gasteiger partial charge is 0.257 e. The van der Waals surface area contributed by atoms with E-state index in [2.05, 4.69) is 17.6 Å². The van der Waals surface area contributed by atoms with Crippen LogP contribution >= 0.6 is 12.2 Å². The molecule has 0 aliphatic rings. The predicted octanol–water partition coefficient (Wildman–Crippen LogP) is 4.52. The minimum Gasteiger partial charge on any atom is -0.494 e. The van der Waals surface area contributed by atoms with Crippen LogP contribution in [-0.2, 0) is 0 Å². The van der Waals surface area contributed by atoms with Crippen molar-refractivity contribution in [1.29, 1.82) is 0 Å². The minimum atomic E-state index is -0.381. The number of rotatable bonds is 7.